The van der Waals surface area contributed by atoms with Gasteiger partial charge in [0.15, 0.2) is 0 Å². The van der Waals surface area contributed by atoms with E-state index in [0.717, 1.165) is 64.2 Å². The summed E-state index contributed by atoms with van der Waals surface area (Å²) in [4.78, 5) is 24.5. The molecule has 63 heavy (non-hydrogen) atoms. The lowest BCUT2D eigenvalue weighted by molar-refractivity contribution is -0.143. The molecule has 0 bridgehead atoms. The maximum Gasteiger partial charge on any atom is 0.305 e. The number of nitrogens with one attached hydrogen (secondary N) is 1. The van der Waals surface area contributed by atoms with E-state index in [2.05, 4.69) is 31.3 Å². The first kappa shape index (κ1) is 61.3. The zero-order valence-corrected chi connectivity index (χ0v) is 42.3. The van der Waals surface area contributed by atoms with E-state index in [0.29, 0.717) is 19.4 Å². The molecule has 0 rings (SSSR count). The molecule has 6 nitrogen and oxygen atoms in total. The number of carbonyl (C=O) groups excluding carboxylic acids is 2. The first-order valence-corrected chi connectivity index (χ1v) is 28.1. The number of amides is 1. The Balaban J connectivity index is 3.49. The molecule has 3 N–H and O–H groups in total. The topological polar surface area (TPSA) is 95.9 Å². The van der Waals surface area contributed by atoms with Crippen molar-refractivity contribution in [2.45, 2.75) is 315 Å². The Morgan fingerprint density at radius 2 is 0.746 bits per heavy atom. The Hall–Kier alpha value is -1.66. The predicted molar refractivity (Wildman–Crippen MR) is 273 cm³/mol. The van der Waals surface area contributed by atoms with E-state index in [4.69, 9.17) is 4.74 Å². The first-order chi connectivity index (χ1) is 31.0. The summed E-state index contributed by atoms with van der Waals surface area (Å²) in [5.41, 5.74) is 0. The smallest absolute Gasteiger partial charge is 0.305 e. The molecule has 6 heteroatoms. The third-order valence-electron chi connectivity index (χ3n) is 13.0. The van der Waals surface area contributed by atoms with Crippen LogP contribution in [0.4, 0.5) is 0 Å². The van der Waals surface area contributed by atoms with Crippen LogP contribution in [-0.4, -0.2) is 47.4 Å². The van der Waals surface area contributed by atoms with Crippen LogP contribution in [0.2, 0.25) is 0 Å². The summed E-state index contributed by atoms with van der Waals surface area (Å²) in [5.74, 6) is -0.0853. The van der Waals surface area contributed by atoms with Crippen LogP contribution in [0.5, 0.6) is 0 Å². The Bertz CT molecular complexity index is 982. The van der Waals surface area contributed by atoms with Crippen molar-refractivity contribution < 1.29 is 24.5 Å². The van der Waals surface area contributed by atoms with Crippen molar-refractivity contribution in [3.8, 4) is 0 Å². The second kappa shape index (κ2) is 53.0. The van der Waals surface area contributed by atoms with Crippen LogP contribution >= 0.6 is 0 Å². The van der Waals surface area contributed by atoms with Crippen molar-refractivity contribution in [3.63, 3.8) is 0 Å². The molecular formula is C57H109NO5. The monoisotopic (exact) mass is 888 g/mol. The zero-order valence-electron chi connectivity index (χ0n) is 42.3. The molecule has 2 atom stereocenters. The van der Waals surface area contributed by atoms with Gasteiger partial charge in [-0.1, -0.05) is 256 Å². The van der Waals surface area contributed by atoms with Gasteiger partial charge in [-0.05, 0) is 57.8 Å². The summed E-state index contributed by atoms with van der Waals surface area (Å²) in [7, 11) is 0. The van der Waals surface area contributed by atoms with Gasteiger partial charge < -0.3 is 20.3 Å². The molecule has 0 heterocycles. The third-order valence-corrected chi connectivity index (χ3v) is 13.0. The lowest BCUT2D eigenvalue weighted by Crippen LogP contribution is -2.45. The molecule has 0 aliphatic rings. The van der Waals surface area contributed by atoms with Gasteiger partial charge >= 0.3 is 5.97 Å². The molecule has 0 aromatic heterocycles. The van der Waals surface area contributed by atoms with E-state index in [9.17, 15) is 19.8 Å². The molecule has 0 spiro atoms. The largest absolute Gasteiger partial charge is 0.466 e. The van der Waals surface area contributed by atoms with E-state index < -0.39 is 12.1 Å². The lowest BCUT2D eigenvalue weighted by atomic mass is 10.0. The average molecular weight is 889 g/mol. The van der Waals surface area contributed by atoms with Crippen LogP contribution in [-0.2, 0) is 14.3 Å². The van der Waals surface area contributed by atoms with Gasteiger partial charge in [0.25, 0.3) is 0 Å². The van der Waals surface area contributed by atoms with Crippen LogP contribution in [0.25, 0.3) is 0 Å². The van der Waals surface area contributed by atoms with Crippen LogP contribution < -0.4 is 5.32 Å². The van der Waals surface area contributed by atoms with E-state index in [1.54, 1.807) is 6.08 Å². The highest BCUT2D eigenvalue weighted by Crippen LogP contribution is 2.16. The number of aliphatic hydroxyl groups is 2. The van der Waals surface area contributed by atoms with Crippen LogP contribution in [0, 0.1) is 0 Å². The Morgan fingerprint density at radius 1 is 0.429 bits per heavy atom. The molecule has 2 unspecified atom stereocenters. The highest BCUT2D eigenvalue weighted by atomic mass is 16.5. The quantitative estimate of drug-likeness (QED) is 0.0321. The van der Waals surface area contributed by atoms with Gasteiger partial charge in [0.2, 0.25) is 5.91 Å². The Morgan fingerprint density at radius 3 is 1.13 bits per heavy atom. The minimum Gasteiger partial charge on any atom is -0.466 e. The standard InChI is InChI=1S/C57H109NO5/c1-3-5-7-9-11-13-15-17-19-22-25-29-33-37-41-45-49-55(60)54(53-59)58-56(61)50-46-42-38-34-30-26-23-20-21-24-28-32-36-40-44-48-52-63-57(62)51-47-43-39-35-31-27-18-16-14-12-10-8-6-4-2/h20,23,45,49,54-55,59-60H,3-19,21-22,24-44,46-48,50-53H2,1-2H3,(H,58,61)/b23-20-,49-45+. The summed E-state index contributed by atoms with van der Waals surface area (Å²) in [6.45, 7) is 4.89. The van der Waals surface area contributed by atoms with Gasteiger partial charge in [-0.2, -0.15) is 0 Å². The molecule has 0 fully saturated rings. The maximum atomic E-state index is 12.4. The highest BCUT2D eigenvalue weighted by molar-refractivity contribution is 5.76. The number of hydrogen-bond acceptors (Lipinski definition) is 5. The molecule has 0 aliphatic carbocycles. The Labute approximate surface area is 392 Å². The van der Waals surface area contributed by atoms with Crippen molar-refractivity contribution >= 4 is 11.9 Å². The minimum absolute atomic E-state index is 0.00155. The number of carbonyl (C=O) groups is 2. The summed E-state index contributed by atoms with van der Waals surface area (Å²) in [6.07, 6.45) is 63.3. The number of esters is 1. The minimum atomic E-state index is -0.854. The van der Waals surface area contributed by atoms with Gasteiger partial charge in [0.05, 0.1) is 25.4 Å². The van der Waals surface area contributed by atoms with Gasteiger partial charge in [-0.3, -0.25) is 9.59 Å². The first-order valence-electron chi connectivity index (χ1n) is 28.1. The van der Waals surface area contributed by atoms with Gasteiger partial charge in [0.1, 0.15) is 0 Å². The number of aliphatic hydroxyl groups excluding tert-OH is 2. The van der Waals surface area contributed by atoms with Crippen molar-refractivity contribution in [1.82, 2.24) is 5.32 Å². The van der Waals surface area contributed by atoms with Gasteiger partial charge in [-0.25, -0.2) is 0 Å². The number of allylic oxidation sites excluding steroid dienone is 3. The fourth-order valence-corrected chi connectivity index (χ4v) is 8.63. The molecule has 372 valence electrons. The van der Waals surface area contributed by atoms with Crippen molar-refractivity contribution in [2.75, 3.05) is 13.2 Å². The number of hydrogen-bond donors (Lipinski definition) is 3. The van der Waals surface area contributed by atoms with E-state index in [1.807, 2.05) is 6.08 Å². The van der Waals surface area contributed by atoms with Crippen molar-refractivity contribution in [3.05, 3.63) is 24.3 Å². The third kappa shape index (κ3) is 49.6. The summed E-state index contributed by atoms with van der Waals surface area (Å²) in [5, 5.41) is 23.1. The van der Waals surface area contributed by atoms with Crippen LogP contribution in [0.3, 0.4) is 0 Å². The SMILES string of the molecule is CCCCCCCCCCCCCCCC/C=C/C(O)C(CO)NC(=O)CCCCCCC/C=C\CCCCCCCCCOC(=O)CCCCCCCCCCCCCCCC. The molecule has 0 saturated heterocycles. The molecule has 0 aromatic rings. The van der Waals surface area contributed by atoms with Crippen LogP contribution in [0.15, 0.2) is 24.3 Å². The number of rotatable bonds is 52. The Kier molecular flexibility index (Phi) is 51.6. The maximum absolute atomic E-state index is 12.4. The second-order valence-corrected chi connectivity index (χ2v) is 19.3. The average Bonchev–Trinajstić information content (AvgIpc) is 3.28. The van der Waals surface area contributed by atoms with E-state index in [-0.39, 0.29) is 18.5 Å². The molecule has 0 aliphatic heterocycles. The summed E-state index contributed by atoms with van der Waals surface area (Å²) in [6, 6.07) is -0.639. The summed E-state index contributed by atoms with van der Waals surface area (Å²) >= 11 is 0. The normalized spacial score (nSPS) is 12.8. The lowest BCUT2D eigenvalue weighted by Gasteiger charge is -2.20. The number of ether oxygens (including phenoxy) is 1. The van der Waals surface area contributed by atoms with Crippen LogP contribution in [0.1, 0.15) is 303 Å². The van der Waals surface area contributed by atoms with Crippen molar-refractivity contribution in [1.29, 1.82) is 0 Å². The molecule has 1 amide bonds. The molecule has 0 saturated carbocycles. The zero-order chi connectivity index (χ0) is 45.8. The highest BCUT2D eigenvalue weighted by Gasteiger charge is 2.18. The predicted octanol–water partition coefficient (Wildman–Crippen LogP) is 17.1. The fourth-order valence-electron chi connectivity index (χ4n) is 8.63. The second-order valence-electron chi connectivity index (χ2n) is 19.3. The summed E-state index contributed by atoms with van der Waals surface area (Å²) < 4.78 is 5.47. The molecule has 0 aromatic carbocycles. The molecular weight excluding hydrogens is 779 g/mol. The molecule has 0 radical (unpaired) electrons. The fraction of sp³-hybridized carbons (Fsp3) is 0.895. The van der Waals surface area contributed by atoms with E-state index in [1.165, 1.54) is 212 Å². The van der Waals surface area contributed by atoms with Crippen molar-refractivity contribution in [2.24, 2.45) is 0 Å². The van der Waals surface area contributed by atoms with Gasteiger partial charge in [0, 0.05) is 12.8 Å². The number of unbranched alkanes of at least 4 members (excludes halogenated alkanes) is 39. The van der Waals surface area contributed by atoms with Gasteiger partial charge in [-0.15, -0.1) is 0 Å². The van der Waals surface area contributed by atoms with E-state index >= 15 is 0 Å².